The summed E-state index contributed by atoms with van der Waals surface area (Å²) in [4.78, 5) is 9.17. The van der Waals surface area contributed by atoms with E-state index in [0.717, 1.165) is 43.6 Å². The number of nitrogens with one attached hydrogen (secondary N) is 1. The summed E-state index contributed by atoms with van der Waals surface area (Å²) in [5, 5.41) is 3.12. The van der Waals surface area contributed by atoms with Crippen LogP contribution in [0.5, 0.6) is 0 Å². The van der Waals surface area contributed by atoms with Crippen molar-refractivity contribution in [1.82, 2.24) is 15.3 Å². The summed E-state index contributed by atoms with van der Waals surface area (Å²) in [6.45, 7) is 8.23. The van der Waals surface area contributed by atoms with Gasteiger partial charge in [0.25, 0.3) is 0 Å². The summed E-state index contributed by atoms with van der Waals surface area (Å²) in [5.74, 6) is 0.856. The molecule has 1 saturated carbocycles. The van der Waals surface area contributed by atoms with Crippen molar-refractivity contribution >= 4 is 0 Å². The Morgan fingerprint density at radius 3 is 2.25 bits per heavy atom. The van der Waals surface area contributed by atoms with E-state index in [9.17, 15) is 0 Å². The maximum atomic E-state index is 6.11. The van der Waals surface area contributed by atoms with Crippen LogP contribution >= 0.6 is 0 Å². The van der Waals surface area contributed by atoms with Crippen molar-refractivity contribution in [2.75, 3.05) is 13.7 Å². The van der Waals surface area contributed by atoms with Crippen LogP contribution in [0.1, 0.15) is 57.8 Å². The number of nitrogens with zero attached hydrogens (tertiary/aromatic N) is 2. The van der Waals surface area contributed by atoms with Crippen LogP contribution in [0.3, 0.4) is 0 Å². The summed E-state index contributed by atoms with van der Waals surface area (Å²) in [6.07, 6.45) is 8.18. The highest BCUT2D eigenvalue weighted by Crippen LogP contribution is 2.46. The Morgan fingerprint density at radius 1 is 1.15 bits per heavy atom. The molecule has 0 spiro atoms. The zero-order valence-corrected chi connectivity index (χ0v) is 13.2. The molecule has 1 aliphatic rings. The van der Waals surface area contributed by atoms with Crippen LogP contribution in [-0.4, -0.2) is 23.6 Å². The lowest BCUT2D eigenvalue weighted by molar-refractivity contribution is -0.0948. The van der Waals surface area contributed by atoms with E-state index < -0.39 is 0 Å². The third kappa shape index (κ3) is 3.36. The van der Waals surface area contributed by atoms with Crippen LogP contribution in [-0.2, 0) is 16.9 Å². The smallest absolute Gasteiger partial charge is 0.160 e. The summed E-state index contributed by atoms with van der Waals surface area (Å²) in [5.41, 5.74) is 1.24. The zero-order chi connectivity index (χ0) is 14.6. The van der Waals surface area contributed by atoms with Gasteiger partial charge in [0.1, 0.15) is 5.60 Å². The number of hydrogen-bond acceptors (Lipinski definition) is 4. The molecule has 0 bridgehead atoms. The fourth-order valence-corrected chi connectivity index (χ4v) is 2.92. The van der Waals surface area contributed by atoms with E-state index >= 15 is 0 Å². The first-order valence-corrected chi connectivity index (χ1v) is 7.61. The normalized spacial score (nSPS) is 20.8. The van der Waals surface area contributed by atoms with Gasteiger partial charge in [0.2, 0.25) is 0 Å². The monoisotopic (exact) mass is 277 g/mol. The first kappa shape index (κ1) is 15.4. The van der Waals surface area contributed by atoms with E-state index in [1.807, 2.05) is 19.4 Å². The minimum atomic E-state index is -0.275. The fraction of sp³-hybridized carbons (Fsp3) is 0.750. The van der Waals surface area contributed by atoms with E-state index in [1.165, 1.54) is 0 Å². The average Bonchev–Trinajstić information content (AvgIpc) is 2.43. The predicted molar refractivity (Wildman–Crippen MR) is 80.3 cm³/mol. The number of ether oxygens (including phenoxy) is 1. The molecule has 20 heavy (non-hydrogen) atoms. The second kappa shape index (κ2) is 6.19. The lowest BCUT2D eigenvalue weighted by atomic mass is 9.70. The van der Waals surface area contributed by atoms with E-state index in [-0.39, 0.29) is 5.60 Å². The summed E-state index contributed by atoms with van der Waals surface area (Å²) in [6, 6.07) is 0. The van der Waals surface area contributed by atoms with E-state index in [2.05, 4.69) is 36.1 Å². The standard InChI is InChI=1S/C16H27N3O/c1-5-20-16(8-6-15(2,3)7-9-16)14-18-11-13(10-17-4)12-19-14/h11-12,17H,5-10H2,1-4H3. The lowest BCUT2D eigenvalue weighted by Crippen LogP contribution is -2.38. The van der Waals surface area contributed by atoms with Crippen molar-refractivity contribution in [3.05, 3.63) is 23.8 Å². The molecule has 1 aliphatic carbocycles. The Bertz CT molecular complexity index is 418. The van der Waals surface area contributed by atoms with Gasteiger partial charge < -0.3 is 10.1 Å². The molecule has 0 unspecified atom stereocenters. The van der Waals surface area contributed by atoms with Crippen LogP contribution in [0.4, 0.5) is 0 Å². The molecule has 112 valence electrons. The number of aromatic nitrogens is 2. The van der Waals surface area contributed by atoms with Crippen LogP contribution in [0.25, 0.3) is 0 Å². The van der Waals surface area contributed by atoms with E-state index in [1.54, 1.807) is 0 Å². The molecule has 1 N–H and O–H groups in total. The highest BCUT2D eigenvalue weighted by molar-refractivity contribution is 5.11. The molecule has 0 radical (unpaired) electrons. The minimum Gasteiger partial charge on any atom is -0.367 e. The third-order valence-corrected chi connectivity index (χ3v) is 4.33. The molecular formula is C16H27N3O. The molecule has 0 atom stereocenters. The molecule has 1 aromatic heterocycles. The van der Waals surface area contributed by atoms with Crippen molar-refractivity contribution in [2.24, 2.45) is 5.41 Å². The van der Waals surface area contributed by atoms with Gasteiger partial charge in [-0.2, -0.15) is 0 Å². The summed E-state index contributed by atoms with van der Waals surface area (Å²) in [7, 11) is 1.93. The molecule has 0 aromatic carbocycles. The highest BCUT2D eigenvalue weighted by Gasteiger charge is 2.42. The second-order valence-electron chi connectivity index (χ2n) is 6.54. The van der Waals surface area contributed by atoms with E-state index in [4.69, 9.17) is 4.74 Å². The van der Waals surface area contributed by atoms with Gasteiger partial charge in [-0.3, -0.25) is 0 Å². The van der Waals surface area contributed by atoms with Gasteiger partial charge in [0, 0.05) is 31.1 Å². The number of rotatable bonds is 5. The van der Waals surface area contributed by atoms with Crippen LogP contribution in [0.15, 0.2) is 12.4 Å². The van der Waals surface area contributed by atoms with Crippen molar-refractivity contribution in [2.45, 2.75) is 58.6 Å². The van der Waals surface area contributed by atoms with Crippen molar-refractivity contribution in [3.8, 4) is 0 Å². The number of hydrogen-bond donors (Lipinski definition) is 1. The SMILES string of the molecule is CCOC1(c2ncc(CNC)cn2)CCC(C)(C)CC1. The van der Waals surface area contributed by atoms with Gasteiger partial charge in [-0.25, -0.2) is 9.97 Å². The first-order valence-electron chi connectivity index (χ1n) is 7.61. The fourth-order valence-electron chi connectivity index (χ4n) is 2.92. The largest absolute Gasteiger partial charge is 0.367 e. The molecule has 2 rings (SSSR count). The van der Waals surface area contributed by atoms with Crippen molar-refractivity contribution in [3.63, 3.8) is 0 Å². The zero-order valence-electron chi connectivity index (χ0n) is 13.2. The van der Waals surface area contributed by atoms with Crippen LogP contribution < -0.4 is 5.32 Å². The van der Waals surface area contributed by atoms with Gasteiger partial charge in [-0.15, -0.1) is 0 Å². The van der Waals surface area contributed by atoms with Gasteiger partial charge in [-0.1, -0.05) is 13.8 Å². The third-order valence-electron chi connectivity index (χ3n) is 4.33. The maximum Gasteiger partial charge on any atom is 0.160 e. The second-order valence-corrected chi connectivity index (χ2v) is 6.54. The maximum absolute atomic E-state index is 6.11. The molecule has 4 nitrogen and oxygen atoms in total. The average molecular weight is 277 g/mol. The van der Waals surface area contributed by atoms with Gasteiger partial charge in [0.05, 0.1) is 0 Å². The molecule has 1 heterocycles. The minimum absolute atomic E-state index is 0.275. The molecule has 0 aliphatic heterocycles. The Kier molecular flexibility index (Phi) is 4.76. The van der Waals surface area contributed by atoms with E-state index in [0.29, 0.717) is 12.0 Å². The lowest BCUT2D eigenvalue weighted by Gasteiger charge is -2.42. The quantitative estimate of drug-likeness (QED) is 0.898. The molecule has 1 fully saturated rings. The van der Waals surface area contributed by atoms with Gasteiger partial charge in [0.15, 0.2) is 5.82 Å². The van der Waals surface area contributed by atoms with Crippen molar-refractivity contribution in [1.29, 1.82) is 0 Å². The van der Waals surface area contributed by atoms with Crippen LogP contribution in [0.2, 0.25) is 0 Å². The first-order chi connectivity index (χ1) is 9.51. The Morgan fingerprint density at radius 2 is 1.75 bits per heavy atom. The predicted octanol–water partition coefficient (Wildman–Crippen LogP) is 3.03. The molecule has 0 saturated heterocycles. The van der Waals surface area contributed by atoms with Gasteiger partial charge in [-0.05, 0) is 45.1 Å². The van der Waals surface area contributed by atoms with Crippen molar-refractivity contribution < 1.29 is 4.74 Å². The summed E-state index contributed by atoms with van der Waals surface area (Å²) < 4.78 is 6.11. The Hall–Kier alpha value is -1.00. The highest BCUT2D eigenvalue weighted by atomic mass is 16.5. The van der Waals surface area contributed by atoms with Gasteiger partial charge >= 0.3 is 0 Å². The summed E-state index contributed by atoms with van der Waals surface area (Å²) >= 11 is 0. The topological polar surface area (TPSA) is 47.0 Å². The molecule has 0 amide bonds. The molecule has 1 aromatic rings. The molecule has 4 heteroatoms. The molecular weight excluding hydrogens is 250 g/mol. The Balaban J connectivity index is 2.20. The van der Waals surface area contributed by atoms with Crippen LogP contribution in [0, 0.1) is 5.41 Å². The Labute approximate surface area is 122 Å².